The number of aromatic amines is 1. The highest BCUT2D eigenvalue weighted by Crippen LogP contribution is 2.22. The van der Waals surface area contributed by atoms with Crippen LogP contribution >= 0.6 is 0 Å². The highest BCUT2D eigenvalue weighted by molar-refractivity contribution is 5.98. The summed E-state index contributed by atoms with van der Waals surface area (Å²) >= 11 is 0. The molecule has 1 aliphatic rings. The Hall–Kier alpha value is -5.99. The Morgan fingerprint density at radius 2 is 1.58 bits per heavy atom. The molecular weight excluding hydrogens is 667 g/mol. The Bertz CT molecular complexity index is 2120. The van der Waals surface area contributed by atoms with Crippen molar-refractivity contribution in [3.8, 4) is 11.1 Å². The number of nitrogens with zero attached hydrogens (tertiary/aromatic N) is 4. The fourth-order valence-electron chi connectivity index (χ4n) is 6.01. The Morgan fingerprint density at radius 1 is 0.865 bits per heavy atom. The maximum Gasteiger partial charge on any atom is 0.272 e. The molecule has 0 atom stereocenters. The van der Waals surface area contributed by atoms with Crippen LogP contribution < -0.4 is 21.9 Å². The number of anilines is 1. The van der Waals surface area contributed by atoms with Crippen molar-refractivity contribution in [3.05, 3.63) is 124 Å². The number of nitrogens with one attached hydrogen (secondary N) is 3. The first-order valence-electron chi connectivity index (χ1n) is 17.0. The van der Waals surface area contributed by atoms with E-state index < -0.39 is 11.7 Å². The number of hydrogen-bond donors (Lipinski definition) is 4. The first kappa shape index (κ1) is 35.8. The fourth-order valence-corrected chi connectivity index (χ4v) is 6.01. The van der Waals surface area contributed by atoms with E-state index >= 15 is 0 Å². The van der Waals surface area contributed by atoms with Gasteiger partial charge in [0.2, 0.25) is 5.91 Å². The minimum atomic E-state index is -0.629. The van der Waals surface area contributed by atoms with E-state index in [4.69, 9.17) is 10.5 Å². The average molecular weight is 707 g/mol. The molecule has 0 saturated carbocycles. The van der Waals surface area contributed by atoms with Crippen LogP contribution in [0.5, 0.6) is 0 Å². The van der Waals surface area contributed by atoms with Crippen molar-refractivity contribution in [2.24, 2.45) is 0 Å². The van der Waals surface area contributed by atoms with Gasteiger partial charge >= 0.3 is 0 Å². The van der Waals surface area contributed by atoms with Crippen molar-refractivity contribution in [1.29, 1.82) is 0 Å². The Kier molecular flexibility index (Phi) is 11.6. The second-order valence-electron chi connectivity index (χ2n) is 12.3. The molecule has 14 heteroatoms. The molecule has 0 aliphatic carbocycles. The zero-order valence-electron chi connectivity index (χ0n) is 28.4. The molecule has 5 aromatic rings. The second kappa shape index (κ2) is 16.8. The van der Waals surface area contributed by atoms with E-state index in [1.165, 1.54) is 12.1 Å². The highest BCUT2D eigenvalue weighted by Gasteiger charge is 2.26. The number of piperazine rings is 1. The molecule has 6 rings (SSSR count). The van der Waals surface area contributed by atoms with Gasteiger partial charge in [-0.3, -0.25) is 19.2 Å². The first-order valence-corrected chi connectivity index (χ1v) is 17.0. The summed E-state index contributed by atoms with van der Waals surface area (Å²) in [6.45, 7) is 2.58. The minimum Gasteiger partial charge on any atom is -0.397 e. The van der Waals surface area contributed by atoms with E-state index in [9.17, 15) is 23.6 Å². The number of pyridine rings is 1. The molecule has 0 radical (unpaired) electrons. The van der Waals surface area contributed by atoms with Crippen LogP contribution in [0.15, 0.2) is 89.9 Å². The predicted molar refractivity (Wildman–Crippen MR) is 194 cm³/mol. The van der Waals surface area contributed by atoms with Crippen LogP contribution in [-0.2, 0) is 16.0 Å². The number of rotatable bonds is 13. The van der Waals surface area contributed by atoms with Gasteiger partial charge in [0.05, 0.1) is 42.1 Å². The smallest absolute Gasteiger partial charge is 0.272 e. The summed E-state index contributed by atoms with van der Waals surface area (Å²) in [5, 5.41) is 13.7. The van der Waals surface area contributed by atoms with Crippen molar-refractivity contribution in [1.82, 2.24) is 35.6 Å². The molecule has 0 spiro atoms. The number of aromatic nitrogens is 3. The molecule has 3 amide bonds. The SMILES string of the molecule is Nc1cc(-c2ccccc2)cnc1C(=O)NCCOCCNCC(=O)N1CCN(C(=O)c2cc(Cc3n[nH]c(=O)c4ccccc34)ccc2F)CC1. The largest absolute Gasteiger partial charge is 0.397 e. The van der Waals surface area contributed by atoms with Gasteiger partial charge in [0.15, 0.2) is 5.69 Å². The maximum absolute atomic E-state index is 14.9. The number of halogens is 1. The number of benzene rings is 3. The van der Waals surface area contributed by atoms with Crippen molar-refractivity contribution in [2.75, 3.05) is 64.8 Å². The Balaban J connectivity index is 0.882. The summed E-state index contributed by atoms with van der Waals surface area (Å²) < 4.78 is 20.4. The van der Waals surface area contributed by atoms with Crippen LogP contribution in [-0.4, -0.2) is 102 Å². The van der Waals surface area contributed by atoms with Gasteiger partial charge in [-0.05, 0) is 35.4 Å². The number of carbonyl (C=O) groups is 3. The lowest BCUT2D eigenvalue weighted by Gasteiger charge is -2.35. The predicted octanol–water partition coefficient (Wildman–Crippen LogP) is 2.62. The lowest BCUT2D eigenvalue weighted by Crippen LogP contribution is -2.52. The molecule has 268 valence electrons. The fraction of sp³-hybridized carbons (Fsp3) is 0.263. The second-order valence-corrected chi connectivity index (χ2v) is 12.3. The summed E-state index contributed by atoms with van der Waals surface area (Å²) in [7, 11) is 0. The van der Waals surface area contributed by atoms with E-state index in [2.05, 4.69) is 25.8 Å². The third-order valence-electron chi connectivity index (χ3n) is 8.80. The van der Waals surface area contributed by atoms with Crippen LogP contribution in [0.2, 0.25) is 0 Å². The van der Waals surface area contributed by atoms with E-state index in [0.717, 1.165) is 11.1 Å². The lowest BCUT2D eigenvalue weighted by atomic mass is 10.0. The highest BCUT2D eigenvalue weighted by atomic mass is 19.1. The number of nitrogen functional groups attached to an aromatic ring is 1. The molecule has 0 bridgehead atoms. The molecule has 13 nitrogen and oxygen atoms in total. The first-order chi connectivity index (χ1) is 25.3. The van der Waals surface area contributed by atoms with Gasteiger partial charge < -0.3 is 30.9 Å². The third-order valence-corrected chi connectivity index (χ3v) is 8.80. The molecular formula is C38H39FN8O5. The van der Waals surface area contributed by atoms with E-state index in [1.807, 2.05) is 36.4 Å². The summed E-state index contributed by atoms with van der Waals surface area (Å²) in [4.78, 5) is 58.2. The number of carbonyl (C=O) groups excluding carboxylic acids is 3. The molecule has 1 fully saturated rings. The Labute approximate surface area is 299 Å². The summed E-state index contributed by atoms with van der Waals surface area (Å²) in [5.74, 6) is -1.58. The van der Waals surface area contributed by atoms with E-state index in [-0.39, 0.29) is 67.1 Å². The quantitative estimate of drug-likeness (QED) is 0.134. The van der Waals surface area contributed by atoms with Crippen LogP contribution in [0.1, 0.15) is 32.1 Å². The zero-order chi connectivity index (χ0) is 36.5. The molecule has 5 N–H and O–H groups in total. The number of H-pyrrole nitrogens is 1. The standard InChI is InChI=1S/C38H39FN8O5/c39-31-11-10-25(21-33-28-8-4-5-9-29(28)36(49)45-44-33)20-30(31)38(51)47-16-14-46(15-17-47)34(48)24-41-12-18-52-19-13-42-37(50)35-32(40)22-27(23-43-35)26-6-2-1-3-7-26/h1-11,20,22-23,41H,12-19,21,24,40H2,(H,42,50)(H,45,49). The van der Waals surface area contributed by atoms with Gasteiger partial charge in [0.1, 0.15) is 5.82 Å². The van der Waals surface area contributed by atoms with Gasteiger partial charge in [-0.2, -0.15) is 5.10 Å². The number of nitrogens with two attached hydrogens (primary N) is 1. The van der Waals surface area contributed by atoms with Gasteiger partial charge in [-0.25, -0.2) is 14.5 Å². The van der Waals surface area contributed by atoms with Crippen molar-refractivity contribution in [2.45, 2.75) is 6.42 Å². The van der Waals surface area contributed by atoms with Gasteiger partial charge in [0, 0.05) is 62.8 Å². The average Bonchev–Trinajstić information content (AvgIpc) is 3.17. The van der Waals surface area contributed by atoms with Crippen LogP contribution in [0, 0.1) is 5.82 Å². The van der Waals surface area contributed by atoms with Crippen LogP contribution in [0.25, 0.3) is 21.9 Å². The van der Waals surface area contributed by atoms with Crippen molar-refractivity contribution >= 4 is 34.2 Å². The van der Waals surface area contributed by atoms with Crippen LogP contribution in [0.4, 0.5) is 10.1 Å². The summed E-state index contributed by atoms with van der Waals surface area (Å²) in [6.07, 6.45) is 1.91. The molecule has 0 unspecified atom stereocenters. The van der Waals surface area contributed by atoms with E-state index in [0.29, 0.717) is 54.7 Å². The molecule has 1 aliphatic heterocycles. The van der Waals surface area contributed by atoms with Gasteiger partial charge in [0.25, 0.3) is 17.4 Å². The van der Waals surface area contributed by atoms with Gasteiger partial charge in [-0.15, -0.1) is 0 Å². The normalized spacial score (nSPS) is 12.9. The molecule has 3 heterocycles. The minimum absolute atomic E-state index is 0.0504. The maximum atomic E-state index is 14.9. The molecule has 2 aromatic heterocycles. The molecule has 1 saturated heterocycles. The third kappa shape index (κ3) is 8.65. The lowest BCUT2D eigenvalue weighted by molar-refractivity contribution is -0.131. The number of hydrogen-bond acceptors (Lipinski definition) is 9. The molecule has 3 aromatic carbocycles. The Morgan fingerprint density at radius 3 is 2.35 bits per heavy atom. The molecule has 52 heavy (non-hydrogen) atoms. The van der Waals surface area contributed by atoms with Crippen molar-refractivity contribution in [3.63, 3.8) is 0 Å². The topological polar surface area (TPSA) is 176 Å². The van der Waals surface area contributed by atoms with Crippen molar-refractivity contribution < 1.29 is 23.5 Å². The van der Waals surface area contributed by atoms with E-state index in [1.54, 1.807) is 46.3 Å². The van der Waals surface area contributed by atoms with Gasteiger partial charge in [-0.1, -0.05) is 54.6 Å². The number of ether oxygens (including phenoxy) is 1. The number of fused-ring (bicyclic) bond motifs is 1. The zero-order valence-corrected chi connectivity index (χ0v) is 28.4. The van der Waals surface area contributed by atoms with Crippen LogP contribution in [0.3, 0.4) is 0 Å². The summed E-state index contributed by atoms with van der Waals surface area (Å²) in [6, 6.07) is 22.8. The monoisotopic (exact) mass is 706 g/mol. The number of amides is 3. The summed E-state index contributed by atoms with van der Waals surface area (Å²) in [5.41, 5.74) is 9.24.